The number of benzene rings is 1. The molecule has 0 radical (unpaired) electrons. The molecule has 24 heavy (non-hydrogen) atoms. The highest BCUT2D eigenvalue weighted by Crippen LogP contribution is 2.13. The summed E-state index contributed by atoms with van der Waals surface area (Å²) in [6.45, 7) is 2.89. The Morgan fingerprint density at radius 1 is 0.625 bits per heavy atom. The molecule has 4 nitrogen and oxygen atoms in total. The minimum absolute atomic E-state index is 0.287. The van der Waals surface area contributed by atoms with Crippen LogP contribution < -0.4 is 4.74 Å². The molecule has 0 saturated carbocycles. The van der Waals surface area contributed by atoms with Gasteiger partial charge in [-0.25, -0.2) is 0 Å². The average Bonchev–Trinajstić information content (AvgIpc) is 2.61. The maximum atomic E-state index is 8.71. The van der Waals surface area contributed by atoms with E-state index in [1.807, 2.05) is 12.1 Å². The number of unbranched alkanes of at least 4 members (excludes halogenated alkanes) is 6. The van der Waals surface area contributed by atoms with Gasteiger partial charge in [-0.15, -0.1) is 0 Å². The molecule has 138 valence electrons. The zero-order valence-electron chi connectivity index (χ0n) is 14.9. The molecule has 0 fully saturated rings. The molecule has 0 bridgehead atoms. The summed E-state index contributed by atoms with van der Waals surface area (Å²) in [5.74, 6) is 0.922. The Labute approximate surface area is 146 Å². The van der Waals surface area contributed by atoms with Crippen LogP contribution in [0.15, 0.2) is 24.3 Å². The SMILES string of the molecule is OCCCCCCOCCc1ccc(OCCCCCCO)cc1. The van der Waals surface area contributed by atoms with E-state index in [1.165, 1.54) is 5.56 Å². The summed E-state index contributed by atoms with van der Waals surface area (Å²) in [7, 11) is 0. The minimum atomic E-state index is 0.287. The highest BCUT2D eigenvalue weighted by molar-refractivity contribution is 5.27. The van der Waals surface area contributed by atoms with Crippen LogP contribution in [-0.2, 0) is 11.2 Å². The molecule has 1 rings (SSSR count). The molecule has 0 heterocycles. The van der Waals surface area contributed by atoms with Gasteiger partial charge in [-0.1, -0.05) is 31.4 Å². The van der Waals surface area contributed by atoms with Gasteiger partial charge in [0.2, 0.25) is 0 Å². The van der Waals surface area contributed by atoms with Crippen molar-refractivity contribution in [2.45, 2.75) is 57.8 Å². The van der Waals surface area contributed by atoms with Crippen molar-refractivity contribution in [3.05, 3.63) is 29.8 Å². The van der Waals surface area contributed by atoms with Gasteiger partial charge in [0.15, 0.2) is 0 Å². The van der Waals surface area contributed by atoms with Crippen LogP contribution in [0.4, 0.5) is 0 Å². The monoisotopic (exact) mass is 338 g/mol. The van der Waals surface area contributed by atoms with Crippen LogP contribution in [0, 0.1) is 0 Å². The lowest BCUT2D eigenvalue weighted by atomic mass is 10.1. The van der Waals surface area contributed by atoms with E-state index < -0.39 is 0 Å². The second kappa shape index (κ2) is 15.4. The molecule has 0 amide bonds. The molecule has 1 aromatic carbocycles. The fourth-order valence-electron chi connectivity index (χ4n) is 2.47. The van der Waals surface area contributed by atoms with E-state index in [1.54, 1.807) is 0 Å². The first kappa shape index (κ1) is 20.9. The molecule has 2 N–H and O–H groups in total. The summed E-state index contributed by atoms with van der Waals surface area (Å²) in [6.07, 6.45) is 9.22. The zero-order chi connectivity index (χ0) is 17.3. The number of rotatable bonds is 16. The standard InChI is InChI=1S/C20H34O4/c21-14-5-1-3-7-16-23-18-13-19-9-11-20(12-10-19)24-17-8-4-2-6-15-22/h9-12,21-22H,1-8,13-18H2. The molecular weight excluding hydrogens is 304 g/mol. The largest absolute Gasteiger partial charge is 0.494 e. The molecule has 4 heteroatoms. The molecule has 0 spiro atoms. The van der Waals surface area contributed by atoms with Crippen LogP contribution in [0.3, 0.4) is 0 Å². The minimum Gasteiger partial charge on any atom is -0.494 e. The number of hydrogen-bond acceptors (Lipinski definition) is 4. The van der Waals surface area contributed by atoms with Crippen molar-refractivity contribution in [2.24, 2.45) is 0 Å². The van der Waals surface area contributed by atoms with E-state index in [0.717, 1.165) is 83.4 Å². The van der Waals surface area contributed by atoms with Gasteiger partial charge in [-0.2, -0.15) is 0 Å². The quantitative estimate of drug-likeness (QED) is 0.451. The number of aliphatic hydroxyl groups is 2. The molecule has 0 atom stereocenters. The normalized spacial score (nSPS) is 10.9. The molecule has 1 aromatic rings. The van der Waals surface area contributed by atoms with Crippen LogP contribution in [-0.4, -0.2) is 43.2 Å². The van der Waals surface area contributed by atoms with Gasteiger partial charge in [0, 0.05) is 19.8 Å². The second-order valence-corrected chi connectivity index (χ2v) is 6.13. The highest BCUT2D eigenvalue weighted by Gasteiger charge is 1.97. The molecule has 0 aromatic heterocycles. The second-order valence-electron chi connectivity index (χ2n) is 6.13. The van der Waals surface area contributed by atoms with E-state index in [2.05, 4.69) is 12.1 Å². The summed E-state index contributed by atoms with van der Waals surface area (Å²) < 4.78 is 11.4. The summed E-state index contributed by atoms with van der Waals surface area (Å²) in [5, 5.41) is 17.4. The van der Waals surface area contributed by atoms with Crippen molar-refractivity contribution in [3.63, 3.8) is 0 Å². The average molecular weight is 338 g/mol. The molecule has 0 saturated heterocycles. The molecule has 0 unspecified atom stereocenters. The van der Waals surface area contributed by atoms with E-state index in [9.17, 15) is 0 Å². The van der Waals surface area contributed by atoms with Crippen LogP contribution >= 0.6 is 0 Å². The van der Waals surface area contributed by atoms with E-state index in [4.69, 9.17) is 19.7 Å². The third-order valence-electron chi connectivity index (χ3n) is 3.98. The fourth-order valence-corrected chi connectivity index (χ4v) is 2.47. The van der Waals surface area contributed by atoms with Crippen LogP contribution in [0.2, 0.25) is 0 Å². The van der Waals surface area contributed by atoms with Crippen molar-refractivity contribution >= 4 is 0 Å². The summed E-state index contributed by atoms with van der Waals surface area (Å²) in [4.78, 5) is 0. The lowest BCUT2D eigenvalue weighted by Gasteiger charge is -2.08. The van der Waals surface area contributed by atoms with Crippen molar-refractivity contribution in [1.29, 1.82) is 0 Å². The summed E-state index contributed by atoms with van der Waals surface area (Å²) in [6, 6.07) is 8.26. The highest BCUT2D eigenvalue weighted by atomic mass is 16.5. The molecule has 0 aliphatic heterocycles. The Morgan fingerprint density at radius 2 is 1.21 bits per heavy atom. The predicted octanol–water partition coefficient (Wildman–Crippen LogP) is 3.73. The smallest absolute Gasteiger partial charge is 0.119 e. The summed E-state index contributed by atoms with van der Waals surface area (Å²) >= 11 is 0. The number of aliphatic hydroxyl groups excluding tert-OH is 2. The van der Waals surface area contributed by atoms with Gasteiger partial charge in [0.05, 0.1) is 13.2 Å². The first-order chi connectivity index (χ1) is 11.9. The van der Waals surface area contributed by atoms with Crippen molar-refractivity contribution < 1.29 is 19.7 Å². The molecule has 0 aliphatic rings. The molecule has 0 aliphatic carbocycles. The third kappa shape index (κ3) is 11.4. The topological polar surface area (TPSA) is 58.9 Å². The fraction of sp³-hybridized carbons (Fsp3) is 0.700. The van der Waals surface area contributed by atoms with E-state index in [-0.39, 0.29) is 6.61 Å². The van der Waals surface area contributed by atoms with Crippen LogP contribution in [0.1, 0.15) is 56.9 Å². The van der Waals surface area contributed by atoms with Gasteiger partial charge in [-0.05, 0) is 56.2 Å². The van der Waals surface area contributed by atoms with Gasteiger partial charge in [0.1, 0.15) is 5.75 Å². The van der Waals surface area contributed by atoms with Gasteiger partial charge < -0.3 is 19.7 Å². The van der Waals surface area contributed by atoms with E-state index >= 15 is 0 Å². The Balaban J connectivity index is 2.01. The maximum Gasteiger partial charge on any atom is 0.119 e. The Bertz CT molecular complexity index is 378. The van der Waals surface area contributed by atoms with Crippen LogP contribution in [0.5, 0.6) is 5.75 Å². The number of hydrogen-bond donors (Lipinski definition) is 2. The molecular formula is C20H34O4. The maximum absolute atomic E-state index is 8.71. The Hall–Kier alpha value is -1.10. The lowest BCUT2D eigenvalue weighted by Crippen LogP contribution is -2.01. The van der Waals surface area contributed by atoms with Crippen LogP contribution in [0.25, 0.3) is 0 Å². The van der Waals surface area contributed by atoms with Gasteiger partial charge >= 0.3 is 0 Å². The summed E-state index contributed by atoms with van der Waals surface area (Å²) in [5.41, 5.74) is 1.27. The van der Waals surface area contributed by atoms with Crippen molar-refractivity contribution in [3.8, 4) is 5.75 Å². The Morgan fingerprint density at radius 3 is 1.83 bits per heavy atom. The Kier molecular flexibility index (Phi) is 13.5. The lowest BCUT2D eigenvalue weighted by molar-refractivity contribution is 0.132. The predicted molar refractivity (Wildman–Crippen MR) is 97.6 cm³/mol. The van der Waals surface area contributed by atoms with Gasteiger partial charge in [0.25, 0.3) is 0 Å². The van der Waals surface area contributed by atoms with Gasteiger partial charge in [-0.3, -0.25) is 0 Å². The number of ether oxygens (including phenoxy) is 2. The van der Waals surface area contributed by atoms with Crippen molar-refractivity contribution in [1.82, 2.24) is 0 Å². The first-order valence-corrected chi connectivity index (χ1v) is 9.38. The zero-order valence-corrected chi connectivity index (χ0v) is 14.9. The third-order valence-corrected chi connectivity index (χ3v) is 3.98. The first-order valence-electron chi connectivity index (χ1n) is 9.38. The van der Waals surface area contributed by atoms with E-state index in [0.29, 0.717) is 6.61 Å². The van der Waals surface area contributed by atoms with Crippen molar-refractivity contribution in [2.75, 3.05) is 33.0 Å².